The molecule has 1 atom stereocenters. The lowest BCUT2D eigenvalue weighted by atomic mass is 9.99. The van der Waals surface area contributed by atoms with Crippen LogP contribution in [0.15, 0.2) is 47.3 Å². The molecule has 0 fully saturated rings. The lowest BCUT2D eigenvalue weighted by molar-refractivity contribution is -0.138. The second-order valence-electron chi connectivity index (χ2n) is 5.43. The van der Waals surface area contributed by atoms with Crippen LogP contribution in [0.5, 0.6) is 0 Å². The van der Waals surface area contributed by atoms with Crippen molar-refractivity contribution in [3.8, 4) is 0 Å². The maximum absolute atomic E-state index is 13.4. The summed E-state index contributed by atoms with van der Waals surface area (Å²) in [5.41, 5.74) is -1.43. The Morgan fingerprint density at radius 1 is 1.15 bits per heavy atom. The molecule has 0 radical (unpaired) electrons. The van der Waals surface area contributed by atoms with E-state index in [-0.39, 0.29) is 35.8 Å². The molecule has 3 aromatic rings. The zero-order chi connectivity index (χ0) is 18.9. The average molecular weight is 419 g/mol. The molecular formula is C16H12ClF3N3O3S-. The molecule has 1 unspecified atom stereocenters. The first-order valence-corrected chi connectivity index (χ1v) is 8.35. The fraction of sp³-hybridized carbons (Fsp3) is 0.125. The Kier molecular flexibility index (Phi) is 6.24. The molecule has 0 aliphatic carbocycles. The molecule has 2 aromatic carbocycles. The van der Waals surface area contributed by atoms with Gasteiger partial charge >= 0.3 is 6.18 Å². The summed E-state index contributed by atoms with van der Waals surface area (Å²) < 4.78 is 63.4. The van der Waals surface area contributed by atoms with Crippen LogP contribution in [0.2, 0.25) is 0 Å². The van der Waals surface area contributed by atoms with Crippen molar-refractivity contribution in [1.82, 2.24) is 10.2 Å². The van der Waals surface area contributed by atoms with Crippen molar-refractivity contribution in [2.24, 2.45) is 0 Å². The molecule has 0 aliphatic heterocycles. The van der Waals surface area contributed by atoms with E-state index in [1.54, 1.807) is 24.3 Å². The number of H-pyrrole nitrogens is 1. The quantitative estimate of drug-likeness (QED) is 0.636. The molecule has 2 N–H and O–H groups in total. The summed E-state index contributed by atoms with van der Waals surface area (Å²) in [6.07, 6.45) is -4.87. The van der Waals surface area contributed by atoms with Crippen LogP contribution in [0.25, 0.3) is 10.8 Å². The molecule has 0 spiro atoms. The molecule has 3 rings (SSSR count). The molecule has 1 heterocycles. The van der Waals surface area contributed by atoms with Crippen LogP contribution < -0.4 is 10.3 Å². The summed E-state index contributed by atoms with van der Waals surface area (Å²) >= 11 is -2.74. The van der Waals surface area contributed by atoms with Crippen molar-refractivity contribution >= 4 is 40.1 Å². The largest absolute Gasteiger partial charge is 0.755 e. The van der Waals surface area contributed by atoms with Crippen LogP contribution in [0, 0.1) is 0 Å². The predicted octanol–water partition coefficient (Wildman–Crippen LogP) is 3.16. The topological polar surface area (TPSA) is 97.9 Å². The van der Waals surface area contributed by atoms with E-state index < -0.39 is 28.6 Å². The van der Waals surface area contributed by atoms with E-state index in [1.807, 2.05) is 4.72 Å². The van der Waals surface area contributed by atoms with Gasteiger partial charge in [0.2, 0.25) is 0 Å². The van der Waals surface area contributed by atoms with Gasteiger partial charge in [-0.1, -0.05) is 24.3 Å². The van der Waals surface area contributed by atoms with Crippen molar-refractivity contribution < 1.29 is 21.9 Å². The first-order chi connectivity index (χ1) is 12.3. The second-order valence-corrected chi connectivity index (χ2v) is 6.10. The molecule has 27 heavy (non-hydrogen) atoms. The van der Waals surface area contributed by atoms with E-state index in [9.17, 15) is 26.7 Å². The van der Waals surface area contributed by atoms with Crippen LogP contribution in [0.4, 0.5) is 18.9 Å². The Bertz CT molecular complexity index is 1060. The summed E-state index contributed by atoms with van der Waals surface area (Å²) in [4.78, 5) is 11.8. The van der Waals surface area contributed by atoms with Gasteiger partial charge in [-0.05, 0) is 23.8 Å². The highest BCUT2D eigenvalue weighted by molar-refractivity contribution is 7.80. The van der Waals surface area contributed by atoms with Crippen LogP contribution in [0.3, 0.4) is 0 Å². The van der Waals surface area contributed by atoms with Gasteiger partial charge in [0.15, 0.2) is 0 Å². The number of aromatic amines is 1. The first kappa shape index (κ1) is 20.9. The number of halogens is 4. The number of hydrogen-bond acceptors (Lipinski definition) is 4. The SMILES string of the molecule is Cl.O=c1[nH]nc(Cc2ccc(NS(=O)[O-])cc2C(F)(F)F)c2ccccc12. The summed E-state index contributed by atoms with van der Waals surface area (Å²) in [5, 5.41) is 6.93. The summed E-state index contributed by atoms with van der Waals surface area (Å²) in [6.45, 7) is 0. The number of fused-ring (bicyclic) bond motifs is 1. The van der Waals surface area contributed by atoms with Gasteiger partial charge in [-0.3, -0.25) is 9.00 Å². The van der Waals surface area contributed by atoms with Gasteiger partial charge in [0.1, 0.15) is 0 Å². The number of hydrogen-bond donors (Lipinski definition) is 2. The highest BCUT2D eigenvalue weighted by Gasteiger charge is 2.33. The highest BCUT2D eigenvalue weighted by atomic mass is 35.5. The molecule has 0 amide bonds. The lowest BCUT2D eigenvalue weighted by Gasteiger charge is -2.16. The molecule has 144 valence electrons. The Labute approximate surface area is 159 Å². The smallest absolute Gasteiger partial charge is 0.416 e. The Morgan fingerprint density at radius 2 is 1.81 bits per heavy atom. The molecule has 1 aromatic heterocycles. The standard InChI is InChI=1S/C16H12F3N3O3S.ClH/c17-16(18,19)13-8-10(22-26(24)25)6-5-9(13)7-14-11-3-1-2-4-12(11)15(23)21-20-14;/h1-6,8,22H,7H2,(H,21,23)(H,24,25);1H/p-1. The third kappa shape index (κ3) is 4.65. The van der Waals surface area contributed by atoms with Gasteiger partial charge < -0.3 is 9.27 Å². The van der Waals surface area contributed by atoms with Gasteiger partial charge in [0, 0.05) is 28.8 Å². The fourth-order valence-corrected chi connectivity index (χ4v) is 2.96. The third-order valence-corrected chi connectivity index (χ3v) is 4.15. The number of nitrogens with zero attached hydrogens (tertiary/aromatic N) is 1. The molecule has 0 saturated heterocycles. The Hall–Kier alpha value is -2.43. The molecule has 0 bridgehead atoms. The zero-order valence-corrected chi connectivity index (χ0v) is 15.0. The van der Waals surface area contributed by atoms with Crippen molar-refractivity contribution in [2.45, 2.75) is 12.6 Å². The van der Waals surface area contributed by atoms with Crippen LogP contribution >= 0.6 is 12.4 Å². The van der Waals surface area contributed by atoms with Crippen LogP contribution in [-0.2, 0) is 23.9 Å². The Balaban J connectivity index is 0.00000261. The van der Waals surface area contributed by atoms with Crippen molar-refractivity contribution in [2.75, 3.05) is 4.72 Å². The highest BCUT2D eigenvalue weighted by Crippen LogP contribution is 2.35. The maximum Gasteiger partial charge on any atom is 0.416 e. The summed E-state index contributed by atoms with van der Waals surface area (Å²) in [6, 6.07) is 9.60. The number of rotatable bonds is 4. The van der Waals surface area contributed by atoms with E-state index in [0.717, 1.165) is 6.07 Å². The monoisotopic (exact) mass is 418 g/mol. The molecule has 6 nitrogen and oxygen atoms in total. The number of alkyl halides is 3. The van der Waals surface area contributed by atoms with Gasteiger partial charge in [-0.15, -0.1) is 12.4 Å². The third-order valence-electron chi connectivity index (χ3n) is 3.75. The molecule has 0 aliphatic rings. The average Bonchev–Trinajstić information content (AvgIpc) is 2.57. The van der Waals surface area contributed by atoms with E-state index in [1.165, 1.54) is 12.1 Å². The molecule has 0 saturated carbocycles. The van der Waals surface area contributed by atoms with Gasteiger partial charge in [-0.25, -0.2) is 5.10 Å². The number of aromatic nitrogens is 2. The molecular weight excluding hydrogens is 407 g/mol. The maximum atomic E-state index is 13.4. The van der Waals surface area contributed by atoms with Crippen molar-refractivity contribution in [1.29, 1.82) is 0 Å². The minimum Gasteiger partial charge on any atom is -0.755 e. The minimum absolute atomic E-state index is 0. The van der Waals surface area contributed by atoms with E-state index in [0.29, 0.717) is 10.8 Å². The van der Waals surface area contributed by atoms with Gasteiger partial charge in [0.25, 0.3) is 5.56 Å². The normalized spacial score (nSPS) is 12.4. The van der Waals surface area contributed by atoms with E-state index in [2.05, 4.69) is 10.2 Å². The van der Waals surface area contributed by atoms with E-state index >= 15 is 0 Å². The van der Waals surface area contributed by atoms with Crippen molar-refractivity contribution in [3.05, 3.63) is 69.6 Å². The number of benzene rings is 2. The predicted molar refractivity (Wildman–Crippen MR) is 96.4 cm³/mol. The van der Waals surface area contributed by atoms with Gasteiger partial charge in [-0.2, -0.15) is 18.3 Å². The fourth-order valence-electron chi connectivity index (χ4n) is 2.64. The molecule has 11 heteroatoms. The van der Waals surface area contributed by atoms with Crippen molar-refractivity contribution in [3.63, 3.8) is 0 Å². The Morgan fingerprint density at radius 3 is 2.44 bits per heavy atom. The van der Waals surface area contributed by atoms with Gasteiger partial charge in [0.05, 0.1) is 16.6 Å². The summed E-state index contributed by atoms with van der Waals surface area (Å²) in [7, 11) is 0. The summed E-state index contributed by atoms with van der Waals surface area (Å²) in [5.74, 6) is 0. The van der Waals surface area contributed by atoms with Crippen LogP contribution in [0.1, 0.15) is 16.8 Å². The number of anilines is 1. The van der Waals surface area contributed by atoms with Crippen LogP contribution in [-0.4, -0.2) is 19.0 Å². The minimum atomic E-state index is -4.69. The second kappa shape index (κ2) is 8.07. The first-order valence-electron chi connectivity index (χ1n) is 7.28. The zero-order valence-electron chi connectivity index (χ0n) is 13.4. The number of nitrogens with one attached hydrogen (secondary N) is 2. The van der Waals surface area contributed by atoms with E-state index in [4.69, 9.17) is 0 Å². The lowest BCUT2D eigenvalue weighted by Crippen LogP contribution is -2.14.